The maximum Gasteiger partial charge on any atom is 0.165 e. The third kappa shape index (κ3) is 2.95. The molecule has 0 aliphatic heterocycles. The summed E-state index contributed by atoms with van der Waals surface area (Å²) in [5.74, 6) is 0.680. The Hall–Kier alpha value is -1.09. The number of halogens is 1. The Bertz CT molecular complexity index is 359. The van der Waals surface area contributed by atoms with Gasteiger partial charge in [-0.2, -0.15) is 0 Å². The summed E-state index contributed by atoms with van der Waals surface area (Å²) in [5, 5.41) is 9.29. The average Bonchev–Trinajstić information content (AvgIpc) is 3.04. The molecular weight excluding hydrogens is 207 g/mol. The highest BCUT2D eigenvalue weighted by Crippen LogP contribution is 2.32. The molecule has 1 fully saturated rings. The number of hydrogen-bond donors (Lipinski definition) is 1. The van der Waals surface area contributed by atoms with Crippen molar-refractivity contribution in [1.82, 2.24) is 0 Å². The second-order valence-corrected chi connectivity index (χ2v) is 4.45. The molecule has 1 aliphatic rings. The first-order valence-corrected chi connectivity index (χ1v) is 5.77. The minimum Gasteiger partial charge on any atom is -0.491 e. The van der Waals surface area contributed by atoms with E-state index in [-0.39, 0.29) is 5.75 Å². The summed E-state index contributed by atoms with van der Waals surface area (Å²) in [4.78, 5) is 0. The van der Waals surface area contributed by atoms with Crippen LogP contribution in [0.25, 0.3) is 0 Å². The summed E-state index contributed by atoms with van der Waals surface area (Å²) in [7, 11) is 0. The van der Waals surface area contributed by atoms with E-state index in [9.17, 15) is 9.50 Å². The zero-order valence-electron chi connectivity index (χ0n) is 9.45. The molecule has 1 N–H and O–H groups in total. The lowest BCUT2D eigenvalue weighted by Crippen LogP contribution is -2.01. The molecule has 0 spiro atoms. The molecule has 1 aromatic rings. The van der Waals surface area contributed by atoms with Crippen LogP contribution in [0.3, 0.4) is 0 Å². The van der Waals surface area contributed by atoms with Crippen molar-refractivity contribution in [3.8, 4) is 5.75 Å². The lowest BCUT2D eigenvalue weighted by atomic mass is 10.1. The van der Waals surface area contributed by atoms with Gasteiger partial charge in [0.05, 0.1) is 12.7 Å². The third-order valence-electron chi connectivity index (χ3n) is 2.92. The average molecular weight is 224 g/mol. The predicted molar refractivity (Wildman–Crippen MR) is 59.9 cm³/mol. The highest BCUT2D eigenvalue weighted by Gasteiger charge is 2.20. The fraction of sp³-hybridized carbons (Fsp3) is 0.538. The van der Waals surface area contributed by atoms with Gasteiger partial charge in [-0.05, 0) is 37.0 Å². The van der Waals surface area contributed by atoms with Crippen molar-refractivity contribution >= 4 is 0 Å². The van der Waals surface area contributed by atoms with Gasteiger partial charge in [-0.1, -0.05) is 18.9 Å². The summed E-state index contributed by atoms with van der Waals surface area (Å²) in [5.41, 5.74) is 0.576. The number of rotatable bonds is 5. The molecule has 0 bridgehead atoms. The van der Waals surface area contributed by atoms with E-state index in [0.29, 0.717) is 12.2 Å². The minimum atomic E-state index is -0.644. The zero-order valence-corrected chi connectivity index (χ0v) is 9.45. The summed E-state index contributed by atoms with van der Waals surface area (Å²) in [6.07, 6.45) is 2.94. The van der Waals surface area contributed by atoms with Crippen LogP contribution in [0.5, 0.6) is 5.75 Å². The van der Waals surface area contributed by atoms with Crippen molar-refractivity contribution in [3.05, 3.63) is 29.6 Å². The van der Waals surface area contributed by atoms with Gasteiger partial charge in [0.25, 0.3) is 0 Å². The summed E-state index contributed by atoms with van der Waals surface area (Å²) in [6.45, 7) is 2.19. The van der Waals surface area contributed by atoms with Crippen molar-refractivity contribution in [2.24, 2.45) is 5.92 Å². The van der Waals surface area contributed by atoms with Gasteiger partial charge in [0.1, 0.15) is 0 Å². The topological polar surface area (TPSA) is 29.5 Å². The van der Waals surface area contributed by atoms with Gasteiger partial charge in [-0.3, -0.25) is 0 Å². The molecule has 1 unspecified atom stereocenters. The van der Waals surface area contributed by atoms with Crippen LogP contribution in [-0.4, -0.2) is 11.7 Å². The van der Waals surface area contributed by atoms with Crippen LogP contribution in [0, 0.1) is 11.7 Å². The van der Waals surface area contributed by atoms with Crippen LogP contribution in [0.15, 0.2) is 18.2 Å². The number of aliphatic hydroxyl groups excluding tert-OH is 1. The molecule has 0 saturated heterocycles. The molecule has 0 aromatic heterocycles. The fourth-order valence-electron chi connectivity index (χ4n) is 1.64. The van der Waals surface area contributed by atoms with Crippen LogP contribution >= 0.6 is 0 Å². The number of aliphatic hydroxyl groups is 1. The lowest BCUT2D eigenvalue weighted by Gasteiger charge is -2.09. The Morgan fingerprint density at radius 2 is 2.25 bits per heavy atom. The second-order valence-electron chi connectivity index (χ2n) is 4.45. The molecule has 16 heavy (non-hydrogen) atoms. The van der Waals surface area contributed by atoms with Gasteiger partial charge in [0.2, 0.25) is 0 Å². The molecular formula is C13H17FO2. The third-order valence-corrected chi connectivity index (χ3v) is 2.92. The van der Waals surface area contributed by atoms with Gasteiger partial charge in [0, 0.05) is 0 Å². The highest BCUT2D eigenvalue weighted by molar-refractivity contribution is 5.30. The van der Waals surface area contributed by atoms with Gasteiger partial charge >= 0.3 is 0 Å². The summed E-state index contributed by atoms with van der Waals surface area (Å²) in [6, 6.07) is 4.61. The van der Waals surface area contributed by atoms with E-state index in [4.69, 9.17) is 4.74 Å². The molecule has 0 amide bonds. The van der Waals surface area contributed by atoms with Crippen LogP contribution in [-0.2, 0) is 0 Å². The molecule has 1 aromatic carbocycles. The normalized spacial score (nSPS) is 17.2. The molecule has 88 valence electrons. The first-order chi connectivity index (χ1) is 7.66. The van der Waals surface area contributed by atoms with Gasteiger partial charge in [0.15, 0.2) is 11.6 Å². The van der Waals surface area contributed by atoms with E-state index < -0.39 is 11.9 Å². The van der Waals surface area contributed by atoms with Crippen molar-refractivity contribution in [2.45, 2.75) is 32.3 Å². The molecule has 1 aliphatic carbocycles. The van der Waals surface area contributed by atoms with E-state index in [1.54, 1.807) is 19.1 Å². The molecule has 1 saturated carbocycles. The SMILES string of the molecule is CC(O)c1ccc(OCCC2CC2)c(F)c1. The Kier molecular flexibility index (Phi) is 3.44. The van der Waals surface area contributed by atoms with Crippen molar-refractivity contribution in [3.63, 3.8) is 0 Å². The van der Waals surface area contributed by atoms with E-state index in [2.05, 4.69) is 0 Å². The highest BCUT2D eigenvalue weighted by atomic mass is 19.1. The van der Waals surface area contributed by atoms with Crippen molar-refractivity contribution < 1.29 is 14.2 Å². The predicted octanol–water partition coefficient (Wildman–Crippen LogP) is 3.06. The lowest BCUT2D eigenvalue weighted by molar-refractivity contribution is 0.198. The Morgan fingerprint density at radius 1 is 1.50 bits per heavy atom. The Labute approximate surface area is 95.1 Å². The number of benzene rings is 1. The van der Waals surface area contributed by atoms with Crippen LogP contribution in [0.2, 0.25) is 0 Å². The summed E-state index contributed by atoms with van der Waals surface area (Å²) < 4.78 is 18.9. The molecule has 1 atom stereocenters. The van der Waals surface area contributed by atoms with E-state index in [1.807, 2.05) is 0 Å². The van der Waals surface area contributed by atoms with Gasteiger partial charge in [-0.15, -0.1) is 0 Å². The first-order valence-electron chi connectivity index (χ1n) is 5.77. The van der Waals surface area contributed by atoms with Gasteiger partial charge < -0.3 is 9.84 Å². The molecule has 3 heteroatoms. The van der Waals surface area contributed by atoms with E-state index in [0.717, 1.165) is 12.3 Å². The molecule has 2 rings (SSSR count). The van der Waals surface area contributed by atoms with Crippen LogP contribution in [0.1, 0.15) is 37.9 Å². The largest absolute Gasteiger partial charge is 0.491 e. The maximum atomic E-state index is 13.5. The van der Waals surface area contributed by atoms with Gasteiger partial charge in [-0.25, -0.2) is 4.39 Å². The van der Waals surface area contributed by atoms with Crippen LogP contribution < -0.4 is 4.74 Å². The number of ether oxygens (including phenoxy) is 1. The fourth-order valence-corrected chi connectivity index (χ4v) is 1.64. The monoisotopic (exact) mass is 224 g/mol. The second kappa shape index (κ2) is 4.83. The maximum absolute atomic E-state index is 13.5. The van der Waals surface area contributed by atoms with E-state index in [1.165, 1.54) is 18.9 Å². The van der Waals surface area contributed by atoms with E-state index >= 15 is 0 Å². The quantitative estimate of drug-likeness (QED) is 0.833. The van der Waals surface area contributed by atoms with Crippen molar-refractivity contribution in [2.75, 3.05) is 6.61 Å². The smallest absolute Gasteiger partial charge is 0.165 e. The Morgan fingerprint density at radius 3 is 2.81 bits per heavy atom. The van der Waals surface area contributed by atoms with Crippen molar-refractivity contribution in [1.29, 1.82) is 0 Å². The Balaban J connectivity index is 1.92. The molecule has 2 nitrogen and oxygen atoms in total. The molecule has 0 radical (unpaired) electrons. The standard InChI is InChI=1S/C13H17FO2/c1-9(15)11-4-5-13(12(14)8-11)16-7-6-10-2-3-10/h4-5,8-10,15H,2-3,6-7H2,1H3. The van der Waals surface area contributed by atoms with Crippen LogP contribution in [0.4, 0.5) is 4.39 Å². The minimum absolute atomic E-state index is 0.282. The molecule has 0 heterocycles. The zero-order chi connectivity index (χ0) is 11.5. The number of hydrogen-bond acceptors (Lipinski definition) is 2. The first kappa shape index (κ1) is 11.4. The summed E-state index contributed by atoms with van der Waals surface area (Å²) >= 11 is 0.